The first-order valence-corrected chi connectivity index (χ1v) is 21.4. The number of benzene rings is 9. The highest BCUT2D eigenvalue weighted by Crippen LogP contribution is 2.60. The summed E-state index contributed by atoms with van der Waals surface area (Å²) < 4.78 is 2.53. The number of hydrogen-bond donors (Lipinski definition) is 1. The summed E-state index contributed by atoms with van der Waals surface area (Å²) in [7, 11) is 0. The zero-order valence-electron chi connectivity index (χ0n) is 33.7. The lowest BCUT2D eigenvalue weighted by Crippen LogP contribution is -2.26. The van der Waals surface area contributed by atoms with Crippen molar-refractivity contribution in [2.75, 3.05) is 0 Å². The Morgan fingerprint density at radius 1 is 0.450 bits per heavy atom. The average molecular weight is 770 g/mol. The van der Waals surface area contributed by atoms with E-state index in [9.17, 15) is 0 Å². The predicted molar refractivity (Wildman–Crippen MR) is 249 cm³/mol. The highest BCUT2D eigenvalue weighted by Gasteiger charge is 2.61. The molecule has 0 saturated carbocycles. The molecule has 0 radical (unpaired) electrons. The van der Waals surface area contributed by atoms with Crippen LogP contribution in [0.5, 0.6) is 0 Å². The van der Waals surface area contributed by atoms with Crippen LogP contribution in [0.4, 0.5) is 0 Å². The second kappa shape index (κ2) is 12.6. The summed E-state index contributed by atoms with van der Waals surface area (Å²) in [5, 5.41) is 11.9. The zero-order chi connectivity index (χ0) is 39.7. The van der Waals surface area contributed by atoms with Gasteiger partial charge < -0.3 is 4.57 Å². The molecule has 3 aliphatic rings. The van der Waals surface area contributed by atoms with Gasteiger partial charge in [0.25, 0.3) is 0 Å². The zero-order valence-corrected chi connectivity index (χ0v) is 33.7. The van der Waals surface area contributed by atoms with Crippen molar-refractivity contribution in [2.24, 2.45) is 0 Å². The molecule has 1 N–H and O–H groups in total. The van der Waals surface area contributed by atoms with Crippen LogP contribution < -0.4 is 5.32 Å². The fraction of sp³-hybridized carbons (Fsp3) is 0.123. The fourth-order valence-electron chi connectivity index (χ4n) is 11.6. The monoisotopic (exact) mass is 769 g/mol. The van der Waals surface area contributed by atoms with E-state index >= 15 is 0 Å². The minimum Gasteiger partial charge on any atom is -0.309 e. The molecular formula is C57H43N3. The van der Waals surface area contributed by atoms with Crippen LogP contribution in [0.1, 0.15) is 59.9 Å². The van der Waals surface area contributed by atoms with Crippen molar-refractivity contribution in [2.45, 2.75) is 43.6 Å². The highest BCUT2D eigenvalue weighted by atomic mass is 15.5. The molecule has 2 aliphatic heterocycles. The Balaban J connectivity index is 0.895. The number of fused-ring (bicyclic) bond motifs is 13. The first-order chi connectivity index (χ1) is 29.6. The largest absolute Gasteiger partial charge is 0.309 e. The van der Waals surface area contributed by atoms with Crippen LogP contribution in [0.3, 0.4) is 0 Å². The molecule has 2 fully saturated rings. The van der Waals surface area contributed by atoms with Crippen molar-refractivity contribution in [1.82, 2.24) is 14.8 Å². The lowest BCUT2D eigenvalue weighted by molar-refractivity contribution is 0.358. The molecule has 3 nitrogen and oxygen atoms in total. The molecule has 5 atom stereocenters. The lowest BCUT2D eigenvalue weighted by Gasteiger charge is -2.25. The van der Waals surface area contributed by atoms with E-state index in [1.165, 1.54) is 99.1 Å². The summed E-state index contributed by atoms with van der Waals surface area (Å²) in [4.78, 5) is 2.66. The molecule has 1 aliphatic carbocycles. The Hall–Kier alpha value is -6.78. The number of nitrogens with zero attached hydrogens (tertiary/aromatic N) is 2. The van der Waals surface area contributed by atoms with Gasteiger partial charge in [-0.05, 0) is 89.8 Å². The molecular weight excluding hydrogens is 727 g/mol. The maximum absolute atomic E-state index is 4.00. The summed E-state index contributed by atoms with van der Waals surface area (Å²) in [6.07, 6.45) is 0.158. The van der Waals surface area contributed by atoms with E-state index in [1.54, 1.807) is 0 Å². The number of aromatic nitrogens is 1. The van der Waals surface area contributed by atoms with Crippen molar-refractivity contribution < 1.29 is 0 Å². The van der Waals surface area contributed by atoms with E-state index in [-0.39, 0.29) is 17.6 Å². The van der Waals surface area contributed by atoms with Gasteiger partial charge >= 0.3 is 0 Å². The molecule has 286 valence electrons. The quantitative estimate of drug-likeness (QED) is 0.139. The summed E-state index contributed by atoms with van der Waals surface area (Å²) in [6.45, 7) is 4.89. The van der Waals surface area contributed by atoms with Crippen molar-refractivity contribution in [3.05, 3.63) is 222 Å². The highest BCUT2D eigenvalue weighted by molar-refractivity contribution is 6.21. The van der Waals surface area contributed by atoms with Crippen LogP contribution in [-0.4, -0.2) is 15.5 Å². The fourth-order valence-corrected chi connectivity index (χ4v) is 11.6. The number of nitrogens with one attached hydrogen (secondary N) is 1. The molecule has 0 spiro atoms. The molecule has 0 amide bonds. The first-order valence-electron chi connectivity index (χ1n) is 21.4. The smallest absolute Gasteiger partial charge is 0.0875 e. The van der Waals surface area contributed by atoms with Crippen LogP contribution >= 0.6 is 0 Å². The normalized spacial score (nSPS) is 21.1. The van der Waals surface area contributed by atoms with Crippen LogP contribution in [0.15, 0.2) is 194 Å². The summed E-state index contributed by atoms with van der Waals surface area (Å²) in [5.74, 6) is 0. The van der Waals surface area contributed by atoms with Crippen LogP contribution in [-0.2, 0) is 5.41 Å². The van der Waals surface area contributed by atoms with Crippen LogP contribution in [0.25, 0.3) is 71.3 Å². The van der Waals surface area contributed by atoms with E-state index in [2.05, 4.69) is 223 Å². The lowest BCUT2D eigenvalue weighted by atomic mass is 9.78. The maximum atomic E-state index is 4.00. The molecule has 3 heteroatoms. The second-order valence-corrected chi connectivity index (χ2v) is 17.6. The van der Waals surface area contributed by atoms with E-state index in [1.807, 2.05) is 0 Å². The minimum atomic E-state index is -0.227. The average Bonchev–Trinajstić information content (AvgIpc) is 3.63. The van der Waals surface area contributed by atoms with Crippen LogP contribution in [0.2, 0.25) is 0 Å². The van der Waals surface area contributed by atoms with Gasteiger partial charge in [0, 0.05) is 21.9 Å². The van der Waals surface area contributed by atoms with Gasteiger partial charge in [-0.15, -0.1) is 0 Å². The Bertz CT molecular complexity index is 3330. The van der Waals surface area contributed by atoms with Gasteiger partial charge in [0.15, 0.2) is 0 Å². The third kappa shape index (κ3) is 4.73. The molecule has 5 unspecified atom stereocenters. The van der Waals surface area contributed by atoms with Crippen LogP contribution in [0, 0.1) is 0 Å². The standard InChI is InChI=1S/C57H43N3/c1-57(2)50-45-23-12-10-20-42(45)41-19-9-11-22-44(41)49(50)47-34-33-46-43-21-13-14-24-48(43)59(54(46)51(47)57)40-31-29-36(30-32-40)35-25-27-39(28-26-35)56-58-52(37-15-5-3-6-16-37)55-53(60(55)56)38-17-7-4-8-18-38/h3-34,52-53,55-56,58H,1-2H3. The molecule has 3 heterocycles. The van der Waals surface area contributed by atoms with Crippen molar-refractivity contribution >= 4 is 43.4 Å². The van der Waals surface area contributed by atoms with E-state index in [0.29, 0.717) is 12.1 Å². The van der Waals surface area contributed by atoms with Gasteiger partial charge in [-0.2, -0.15) is 0 Å². The summed E-state index contributed by atoms with van der Waals surface area (Å²) in [6, 6.07) is 73.4. The van der Waals surface area contributed by atoms with Gasteiger partial charge in [0.05, 0.1) is 35.3 Å². The Kier molecular flexibility index (Phi) is 7.17. The topological polar surface area (TPSA) is 20.0 Å². The van der Waals surface area contributed by atoms with E-state index in [4.69, 9.17) is 0 Å². The Morgan fingerprint density at radius 2 is 1.02 bits per heavy atom. The SMILES string of the molecule is CC1(C)c2c(c3ccccc3c3ccccc23)-c2ccc3c4ccccc4n(-c4ccc(-c5ccc(C6NC(c7ccccc7)C7C(c8ccccc8)N67)cc5)cc4)c3c21. The first kappa shape index (κ1) is 34.1. The van der Waals surface area contributed by atoms with Crippen molar-refractivity contribution in [3.8, 4) is 27.9 Å². The van der Waals surface area contributed by atoms with Gasteiger partial charge in [0.2, 0.25) is 0 Å². The van der Waals surface area contributed by atoms with Crippen molar-refractivity contribution in [3.63, 3.8) is 0 Å². The molecule has 1 aromatic heterocycles. The maximum Gasteiger partial charge on any atom is 0.0875 e. The summed E-state index contributed by atoms with van der Waals surface area (Å²) >= 11 is 0. The van der Waals surface area contributed by atoms with Crippen molar-refractivity contribution in [1.29, 1.82) is 0 Å². The van der Waals surface area contributed by atoms with Gasteiger partial charge in [-0.25, -0.2) is 0 Å². The Morgan fingerprint density at radius 3 is 1.72 bits per heavy atom. The molecule has 9 aromatic carbocycles. The number of rotatable bonds is 5. The third-order valence-corrected chi connectivity index (χ3v) is 14.2. The summed E-state index contributed by atoms with van der Waals surface area (Å²) in [5.41, 5.74) is 15.6. The van der Waals surface area contributed by atoms with Gasteiger partial charge in [-0.1, -0.05) is 190 Å². The minimum absolute atomic E-state index is 0.158. The molecule has 2 saturated heterocycles. The van der Waals surface area contributed by atoms with E-state index in [0.717, 1.165) is 0 Å². The molecule has 13 rings (SSSR count). The molecule has 0 bridgehead atoms. The molecule has 10 aromatic rings. The van der Waals surface area contributed by atoms with Gasteiger partial charge in [-0.3, -0.25) is 10.2 Å². The molecule has 60 heavy (non-hydrogen) atoms. The number of para-hydroxylation sites is 1. The predicted octanol–water partition coefficient (Wildman–Crippen LogP) is 13.8. The number of hydrogen-bond acceptors (Lipinski definition) is 2. The second-order valence-electron chi connectivity index (χ2n) is 17.6. The van der Waals surface area contributed by atoms with E-state index < -0.39 is 0 Å². The Labute approximate surface area is 350 Å². The third-order valence-electron chi connectivity index (χ3n) is 14.2. The van der Waals surface area contributed by atoms with Gasteiger partial charge in [0.1, 0.15) is 0 Å².